The van der Waals surface area contributed by atoms with Crippen molar-refractivity contribution >= 4 is 34.6 Å². The summed E-state index contributed by atoms with van der Waals surface area (Å²) in [6, 6.07) is 16.4. The van der Waals surface area contributed by atoms with Crippen molar-refractivity contribution in [3.05, 3.63) is 64.7 Å². The molecule has 0 heterocycles. The quantitative estimate of drug-likeness (QED) is 0.709. The molecule has 1 atom stereocenters. The average molecular weight is 333 g/mol. The summed E-state index contributed by atoms with van der Waals surface area (Å²) in [6.07, 6.45) is 2.12. The summed E-state index contributed by atoms with van der Waals surface area (Å²) in [6.45, 7) is 4.16. The van der Waals surface area contributed by atoms with Crippen LogP contribution in [0.2, 0.25) is 5.02 Å². The second kappa shape index (κ2) is 8.16. The van der Waals surface area contributed by atoms with Crippen molar-refractivity contribution in [2.75, 3.05) is 5.32 Å². The summed E-state index contributed by atoms with van der Waals surface area (Å²) < 4.78 is 0. The van der Waals surface area contributed by atoms with Gasteiger partial charge in [-0.3, -0.25) is 0 Å². The second-order valence-corrected chi connectivity index (χ2v) is 6.08. The van der Waals surface area contributed by atoms with Gasteiger partial charge in [-0.15, -0.1) is 0 Å². The van der Waals surface area contributed by atoms with Crippen LogP contribution in [0.5, 0.6) is 0 Å². The highest BCUT2D eigenvalue weighted by Gasteiger charge is 2.12. The topological polar surface area (TPSA) is 24.1 Å². The van der Waals surface area contributed by atoms with E-state index in [9.17, 15) is 0 Å². The molecule has 0 bridgehead atoms. The van der Waals surface area contributed by atoms with Crippen LogP contribution in [-0.2, 0) is 0 Å². The third-order valence-corrected chi connectivity index (χ3v) is 4.23. The fraction of sp³-hybridized carbons (Fsp3) is 0.278. The zero-order chi connectivity index (χ0) is 15.9. The van der Waals surface area contributed by atoms with Gasteiger partial charge < -0.3 is 10.6 Å². The Labute approximate surface area is 142 Å². The van der Waals surface area contributed by atoms with Gasteiger partial charge in [0.25, 0.3) is 0 Å². The Morgan fingerprint density at radius 1 is 1.14 bits per heavy atom. The molecule has 2 nitrogen and oxygen atoms in total. The Hall–Kier alpha value is -1.58. The number of nitrogens with one attached hydrogen (secondary N) is 2. The first-order chi connectivity index (χ1) is 10.6. The van der Waals surface area contributed by atoms with Gasteiger partial charge in [0.1, 0.15) is 0 Å². The third kappa shape index (κ3) is 4.46. The summed E-state index contributed by atoms with van der Waals surface area (Å²) in [7, 11) is 0. The molecule has 22 heavy (non-hydrogen) atoms. The molecule has 0 aliphatic rings. The van der Waals surface area contributed by atoms with Gasteiger partial charge in [-0.1, -0.05) is 61.3 Å². The largest absolute Gasteiger partial charge is 0.356 e. The normalized spacial score (nSPS) is 11.8. The van der Waals surface area contributed by atoms with Gasteiger partial charge in [0.2, 0.25) is 0 Å². The molecule has 0 spiro atoms. The van der Waals surface area contributed by atoms with Crippen LogP contribution in [0.15, 0.2) is 48.5 Å². The van der Waals surface area contributed by atoms with Crippen LogP contribution in [0, 0.1) is 6.92 Å². The molecule has 0 radical (unpaired) electrons. The molecule has 2 rings (SSSR count). The maximum Gasteiger partial charge on any atom is 0.171 e. The number of thiocarbonyl (C=S) groups is 1. The first kappa shape index (κ1) is 16.8. The van der Waals surface area contributed by atoms with Crippen LogP contribution in [0.25, 0.3) is 0 Å². The molecule has 0 aliphatic carbocycles. The van der Waals surface area contributed by atoms with E-state index < -0.39 is 0 Å². The van der Waals surface area contributed by atoms with Crippen LogP contribution < -0.4 is 10.6 Å². The van der Waals surface area contributed by atoms with E-state index in [2.05, 4.69) is 41.8 Å². The minimum absolute atomic E-state index is 0.214. The monoisotopic (exact) mass is 332 g/mol. The van der Waals surface area contributed by atoms with E-state index in [1.807, 2.05) is 31.2 Å². The zero-order valence-electron chi connectivity index (χ0n) is 12.9. The van der Waals surface area contributed by atoms with E-state index in [0.29, 0.717) is 5.11 Å². The van der Waals surface area contributed by atoms with Crippen molar-refractivity contribution < 1.29 is 0 Å². The van der Waals surface area contributed by atoms with E-state index >= 15 is 0 Å². The lowest BCUT2D eigenvalue weighted by molar-refractivity contribution is 0.584. The Morgan fingerprint density at radius 2 is 1.86 bits per heavy atom. The van der Waals surface area contributed by atoms with Crippen molar-refractivity contribution in [2.45, 2.75) is 32.7 Å². The van der Waals surface area contributed by atoms with E-state index in [4.69, 9.17) is 23.8 Å². The average Bonchev–Trinajstić information content (AvgIpc) is 2.52. The summed E-state index contributed by atoms with van der Waals surface area (Å²) in [5, 5.41) is 8.01. The molecule has 0 fully saturated rings. The molecule has 0 aliphatic heterocycles. The van der Waals surface area contributed by atoms with E-state index in [-0.39, 0.29) is 6.04 Å². The summed E-state index contributed by atoms with van der Waals surface area (Å²) >= 11 is 11.6. The molecular weight excluding hydrogens is 312 g/mol. The van der Waals surface area contributed by atoms with E-state index in [1.54, 1.807) is 0 Å². The van der Waals surface area contributed by atoms with Gasteiger partial charge in [0, 0.05) is 10.7 Å². The lowest BCUT2D eigenvalue weighted by Gasteiger charge is -2.21. The SMILES string of the molecule is CCC[C@H](NC(=S)Nc1cccc(Cl)c1C)c1ccccc1. The van der Waals surface area contributed by atoms with Crippen LogP contribution in [0.3, 0.4) is 0 Å². The molecule has 0 unspecified atom stereocenters. The van der Waals surface area contributed by atoms with Crippen molar-refractivity contribution in [1.29, 1.82) is 0 Å². The van der Waals surface area contributed by atoms with Crippen molar-refractivity contribution in [1.82, 2.24) is 5.32 Å². The molecule has 4 heteroatoms. The van der Waals surface area contributed by atoms with Crippen LogP contribution in [0.1, 0.15) is 36.9 Å². The van der Waals surface area contributed by atoms with E-state index in [0.717, 1.165) is 29.1 Å². The molecule has 2 aromatic rings. The molecule has 2 N–H and O–H groups in total. The smallest absolute Gasteiger partial charge is 0.171 e. The fourth-order valence-electron chi connectivity index (χ4n) is 2.36. The zero-order valence-corrected chi connectivity index (χ0v) is 14.5. The van der Waals surface area contributed by atoms with Crippen LogP contribution in [-0.4, -0.2) is 5.11 Å². The number of rotatable bonds is 5. The molecule has 0 aromatic heterocycles. The number of hydrogen-bond donors (Lipinski definition) is 2. The standard InChI is InChI=1S/C18H21ClN2S/c1-3-8-17(14-9-5-4-6-10-14)21-18(22)20-16-12-7-11-15(19)13(16)2/h4-7,9-12,17H,3,8H2,1-2H3,(H2,20,21,22)/t17-/m0/s1. The van der Waals surface area contributed by atoms with Gasteiger partial charge in [-0.05, 0) is 48.8 Å². The van der Waals surface area contributed by atoms with Crippen LogP contribution >= 0.6 is 23.8 Å². The number of benzene rings is 2. The molecule has 116 valence electrons. The summed E-state index contributed by atoms with van der Waals surface area (Å²) in [5.41, 5.74) is 3.18. The maximum absolute atomic E-state index is 6.14. The third-order valence-electron chi connectivity index (χ3n) is 3.60. The lowest BCUT2D eigenvalue weighted by atomic mass is 10.0. The van der Waals surface area contributed by atoms with Crippen molar-refractivity contribution in [2.24, 2.45) is 0 Å². The van der Waals surface area contributed by atoms with Crippen LogP contribution in [0.4, 0.5) is 5.69 Å². The highest BCUT2D eigenvalue weighted by Crippen LogP contribution is 2.23. The first-order valence-corrected chi connectivity index (χ1v) is 8.28. The molecular formula is C18H21ClN2S. The summed E-state index contributed by atoms with van der Waals surface area (Å²) in [5.74, 6) is 0. The highest BCUT2D eigenvalue weighted by molar-refractivity contribution is 7.80. The molecule has 0 saturated carbocycles. The fourth-order valence-corrected chi connectivity index (χ4v) is 2.78. The predicted molar refractivity (Wildman–Crippen MR) is 99.6 cm³/mol. The Morgan fingerprint density at radius 3 is 2.55 bits per heavy atom. The van der Waals surface area contributed by atoms with E-state index in [1.165, 1.54) is 5.56 Å². The number of anilines is 1. The lowest BCUT2D eigenvalue weighted by Crippen LogP contribution is -2.32. The minimum Gasteiger partial charge on any atom is -0.356 e. The number of hydrogen-bond acceptors (Lipinski definition) is 1. The minimum atomic E-state index is 0.214. The second-order valence-electron chi connectivity index (χ2n) is 5.26. The molecule has 0 amide bonds. The Bertz CT molecular complexity index is 628. The molecule has 0 saturated heterocycles. The Kier molecular flexibility index (Phi) is 6.22. The van der Waals surface area contributed by atoms with Gasteiger partial charge >= 0.3 is 0 Å². The first-order valence-electron chi connectivity index (χ1n) is 7.49. The molecule has 2 aromatic carbocycles. The van der Waals surface area contributed by atoms with Gasteiger partial charge in [0.05, 0.1) is 6.04 Å². The summed E-state index contributed by atoms with van der Waals surface area (Å²) in [4.78, 5) is 0. The van der Waals surface area contributed by atoms with Gasteiger partial charge in [-0.2, -0.15) is 0 Å². The maximum atomic E-state index is 6.14. The Balaban J connectivity index is 2.07. The van der Waals surface area contributed by atoms with Crippen molar-refractivity contribution in [3.63, 3.8) is 0 Å². The van der Waals surface area contributed by atoms with Gasteiger partial charge in [-0.25, -0.2) is 0 Å². The highest BCUT2D eigenvalue weighted by atomic mass is 35.5. The van der Waals surface area contributed by atoms with Gasteiger partial charge in [0.15, 0.2) is 5.11 Å². The predicted octanol–water partition coefficient (Wildman–Crippen LogP) is 5.48. The van der Waals surface area contributed by atoms with Crippen molar-refractivity contribution in [3.8, 4) is 0 Å². The number of halogens is 1.